The first kappa shape index (κ1) is 31.3. The number of phosphoric acid groups is 3. The summed E-state index contributed by atoms with van der Waals surface area (Å²) in [6.45, 7) is -1.26. The fourth-order valence-electron chi connectivity index (χ4n) is 4.06. The van der Waals surface area contributed by atoms with E-state index in [2.05, 4.69) is 33.4 Å². The maximum Gasteiger partial charge on any atom is 0.490 e. The second kappa shape index (κ2) is 11.2. The average molecular weight is 640 g/mol. The standard InChI is InChI=1S/C18H23N6O14P3/c1-20-10-5-3-2-4-9(10)13(25)18(27)11(6-35-40(31,32)38-41(33,34)37-39(28,29)30)36-17(14(18)26)24-8-23-12-15(19)21-7-22-16(12)24/h2-5,7-8,11,14,17,20,26-27H,6H2,1H3,(H,31,32)(H,33,34)(H2,19,21,22)(H2,28,29,30)/t11-,14+,17-,18+/m1/s1. The van der Waals surface area contributed by atoms with Crippen LogP contribution >= 0.6 is 23.5 Å². The molecule has 224 valence electrons. The first-order valence-corrected chi connectivity index (χ1v) is 15.6. The normalized spacial score (nSPS) is 26.0. The minimum absolute atomic E-state index is 0.0144. The Hall–Kier alpha value is -2.67. The van der Waals surface area contributed by atoms with Crippen molar-refractivity contribution in [1.82, 2.24) is 19.5 Å². The molecule has 0 radical (unpaired) electrons. The molecule has 20 nitrogen and oxygen atoms in total. The molecule has 2 aromatic heterocycles. The Kier molecular flexibility index (Phi) is 8.54. The zero-order valence-electron chi connectivity index (χ0n) is 20.6. The molecule has 0 amide bonds. The van der Waals surface area contributed by atoms with E-state index >= 15 is 0 Å². The van der Waals surface area contributed by atoms with Gasteiger partial charge in [0, 0.05) is 18.3 Å². The number of benzene rings is 1. The van der Waals surface area contributed by atoms with E-state index in [-0.39, 0.29) is 28.2 Å². The molecular formula is C18H23N6O14P3. The monoisotopic (exact) mass is 640 g/mol. The van der Waals surface area contributed by atoms with Gasteiger partial charge in [-0.2, -0.15) is 8.62 Å². The number of ketones is 1. The van der Waals surface area contributed by atoms with Crippen LogP contribution in [0.25, 0.3) is 11.2 Å². The fraction of sp³-hybridized carbons (Fsp3) is 0.333. The summed E-state index contributed by atoms with van der Waals surface area (Å²) in [6, 6.07) is 5.83. The molecule has 0 bridgehead atoms. The smallest absolute Gasteiger partial charge is 0.388 e. The third-order valence-electron chi connectivity index (χ3n) is 5.79. The number of para-hydroxylation sites is 1. The second-order valence-electron chi connectivity index (χ2n) is 8.38. The molecule has 1 aliphatic rings. The average Bonchev–Trinajstić information content (AvgIpc) is 3.40. The predicted octanol–water partition coefficient (Wildman–Crippen LogP) is -0.334. The van der Waals surface area contributed by atoms with E-state index in [1.165, 1.54) is 25.2 Å². The van der Waals surface area contributed by atoms with Crippen LogP contribution in [-0.4, -0.2) is 86.6 Å². The van der Waals surface area contributed by atoms with Gasteiger partial charge < -0.3 is 45.6 Å². The van der Waals surface area contributed by atoms with Crippen LogP contribution in [0.15, 0.2) is 36.9 Å². The van der Waals surface area contributed by atoms with Gasteiger partial charge in [-0.15, -0.1) is 0 Å². The number of aromatic nitrogens is 4. The highest BCUT2D eigenvalue weighted by Gasteiger charge is 2.62. The lowest BCUT2D eigenvalue weighted by molar-refractivity contribution is -0.0686. The van der Waals surface area contributed by atoms with Crippen LogP contribution in [0.2, 0.25) is 0 Å². The Morgan fingerprint density at radius 2 is 1.80 bits per heavy atom. The van der Waals surface area contributed by atoms with E-state index in [1.807, 2.05) is 0 Å². The minimum atomic E-state index is -5.87. The van der Waals surface area contributed by atoms with E-state index in [9.17, 15) is 38.5 Å². The van der Waals surface area contributed by atoms with E-state index in [4.69, 9.17) is 20.3 Å². The van der Waals surface area contributed by atoms with Gasteiger partial charge in [0.15, 0.2) is 23.3 Å². The van der Waals surface area contributed by atoms with Crippen molar-refractivity contribution < 1.29 is 66.2 Å². The van der Waals surface area contributed by atoms with Gasteiger partial charge in [-0.25, -0.2) is 28.6 Å². The number of nitrogens with zero attached hydrogens (tertiary/aromatic N) is 4. The summed E-state index contributed by atoms with van der Waals surface area (Å²) in [5.74, 6) is -1.17. The quantitative estimate of drug-likeness (QED) is 0.0982. The summed E-state index contributed by atoms with van der Waals surface area (Å²) in [7, 11) is -15.8. The number of nitrogen functional groups attached to an aromatic ring is 1. The van der Waals surface area contributed by atoms with Crippen molar-refractivity contribution in [2.45, 2.75) is 24.0 Å². The molecular weight excluding hydrogens is 617 g/mol. The molecule has 9 N–H and O–H groups in total. The summed E-state index contributed by atoms with van der Waals surface area (Å²) >= 11 is 0. The highest BCUT2D eigenvalue weighted by molar-refractivity contribution is 7.66. The zero-order valence-corrected chi connectivity index (χ0v) is 23.2. The van der Waals surface area contributed by atoms with Crippen LogP contribution in [-0.2, 0) is 31.6 Å². The second-order valence-corrected chi connectivity index (χ2v) is 12.8. The third kappa shape index (κ3) is 6.40. The summed E-state index contributed by atoms with van der Waals surface area (Å²) in [5, 5.41) is 25.7. The third-order valence-corrected chi connectivity index (χ3v) is 9.59. The number of nitrogens with one attached hydrogen (secondary N) is 1. The maximum absolute atomic E-state index is 13.7. The molecule has 1 aliphatic heterocycles. The number of aliphatic hydroxyl groups is 2. The molecule has 0 saturated carbocycles. The molecule has 0 aliphatic carbocycles. The Labute approximate surface area is 229 Å². The lowest BCUT2D eigenvalue weighted by atomic mass is 9.83. The molecule has 3 aromatic rings. The van der Waals surface area contributed by atoms with Gasteiger partial charge in [-0.3, -0.25) is 13.9 Å². The molecule has 2 unspecified atom stereocenters. The van der Waals surface area contributed by atoms with Gasteiger partial charge in [-0.1, -0.05) is 12.1 Å². The molecule has 23 heteroatoms. The number of aliphatic hydroxyl groups excluding tert-OH is 1. The van der Waals surface area contributed by atoms with Crippen molar-refractivity contribution in [1.29, 1.82) is 0 Å². The molecule has 41 heavy (non-hydrogen) atoms. The SMILES string of the molecule is CNc1ccccc1C(=O)[C@@]1(O)[C@@H](COP(=O)(O)OP(=O)(O)OP(=O)(O)O)O[C@@H](n2cnc3c(N)ncnc32)[C@@H]1O. The number of phosphoric ester groups is 1. The Balaban J connectivity index is 1.70. The maximum atomic E-state index is 13.7. The number of hydrogen-bond acceptors (Lipinski definition) is 15. The number of hydrogen-bond donors (Lipinski definition) is 8. The van der Waals surface area contributed by atoms with Crippen molar-refractivity contribution >= 4 is 51.9 Å². The Bertz CT molecular complexity index is 1610. The molecule has 1 aromatic carbocycles. The van der Waals surface area contributed by atoms with Crippen LogP contribution in [0, 0.1) is 0 Å². The highest BCUT2D eigenvalue weighted by atomic mass is 31.3. The summed E-state index contributed by atoms with van der Waals surface area (Å²) < 4.78 is 53.6. The molecule has 6 atom stereocenters. The number of fused-ring (bicyclic) bond motifs is 1. The summed E-state index contributed by atoms with van der Waals surface area (Å²) in [4.78, 5) is 62.2. The van der Waals surface area contributed by atoms with E-state index in [0.29, 0.717) is 0 Å². The van der Waals surface area contributed by atoms with Crippen molar-refractivity contribution in [3.05, 3.63) is 42.5 Å². The van der Waals surface area contributed by atoms with Crippen LogP contribution in [0.5, 0.6) is 0 Å². The summed E-state index contributed by atoms with van der Waals surface area (Å²) in [6.07, 6.45) is -3.56. The van der Waals surface area contributed by atoms with Gasteiger partial charge >= 0.3 is 23.5 Å². The van der Waals surface area contributed by atoms with Crippen LogP contribution in [0.3, 0.4) is 0 Å². The zero-order chi connectivity index (χ0) is 30.4. The topological polar surface area (TPSA) is 308 Å². The number of Topliss-reactive ketones (excluding diaryl/α,β-unsaturated/α-hetero) is 1. The first-order valence-electron chi connectivity index (χ1n) is 11.1. The van der Waals surface area contributed by atoms with Crippen LogP contribution in [0.1, 0.15) is 16.6 Å². The first-order chi connectivity index (χ1) is 19.0. The van der Waals surface area contributed by atoms with Crippen molar-refractivity contribution in [3.8, 4) is 0 Å². The van der Waals surface area contributed by atoms with E-state index in [1.54, 1.807) is 6.07 Å². The van der Waals surface area contributed by atoms with Crippen LogP contribution in [0.4, 0.5) is 11.5 Å². The van der Waals surface area contributed by atoms with Crippen molar-refractivity contribution in [2.24, 2.45) is 0 Å². The number of anilines is 2. The van der Waals surface area contributed by atoms with Gasteiger partial charge in [-0.05, 0) is 12.1 Å². The molecule has 0 spiro atoms. The number of nitrogens with two attached hydrogens (primary N) is 1. The lowest BCUT2D eigenvalue weighted by Crippen LogP contribution is -2.55. The molecule has 1 fully saturated rings. The van der Waals surface area contributed by atoms with E-state index in [0.717, 1.165) is 17.2 Å². The molecule has 3 heterocycles. The minimum Gasteiger partial charge on any atom is -0.388 e. The molecule has 1 saturated heterocycles. The highest BCUT2D eigenvalue weighted by Crippen LogP contribution is 2.66. The Morgan fingerprint density at radius 1 is 1.12 bits per heavy atom. The number of carbonyl (C=O) groups is 1. The summed E-state index contributed by atoms with van der Waals surface area (Å²) in [5.41, 5.74) is 3.05. The number of imidazole rings is 1. The van der Waals surface area contributed by atoms with Crippen molar-refractivity contribution in [2.75, 3.05) is 24.7 Å². The predicted molar refractivity (Wildman–Crippen MR) is 135 cm³/mol. The Morgan fingerprint density at radius 3 is 2.46 bits per heavy atom. The van der Waals surface area contributed by atoms with Gasteiger partial charge in [0.1, 0.15) is 24.1 Å². The van der Waals surface area contributed by atoms with Gasteiger partial charge in [0.25, 0.3) is 0 Å². The van der Waals surface area contributed by atoms with Gasteiger partial charge in [0.2, 0.25) is 5.78 Å². The molecule has 4 rings (SSSR count). The van der Waals surface area contributed by atoms with Crippen molar-refractivity contribution in [3.63, 3.8) is 0 Å². The van der Waals surface area contributed by atoms with Gasteiger partial charge in [0.05, 0.1) is 12.9 Å². The number of rotatable bonds is 11. The number of ether oxygens (including phenoxy) is 1. The lowest BCUT2D eigenvalue weighted by Gasteiger charge is -2.30. The van der Waals surface area contributed by atoms with Crippen LogP contribution < -0.4 is 11.1 Å². The largest absolute Gasteiger partial charge is 0.490 e. The fourth-order valence-corrected chi connectivity index (χ4v) is 7.07. The number of carbonyl (C=O) groups excluding carboxylic acids is 1. The van der Waals surface area contributed by atoms with E-state index < -0.39 is 59.9 Å².